The molecule has 0 spiro atoms. The fourth-order valence-corrected chi connectivity index (χ4v) is 9.75. The van der Waals surface area contributed by atoms with Crippen molar-refractivity contribution in [1.29, 1.82) is 0 Å². The Labute approximate surface area is 190 Å². The van der Waals surface area contributed by atoms with Crippen LogP contribution in [0.3, 0.4) is 0 Å². The molecule has 3 aromatic carbocycles. The van der Waals surface area contributed by atoms with Crippen molar-refractivity contribution in [3.05, 3.63) is 77.4 Å². The summed E-state index contributed by atoms with van der Waals surface area (Å²) in [7, 11) is 0. The van der Waals surface area contributed by atoms with Crippen LogP contribution in [0.4, 0.5) is 16.2 Å². The lowest BCUT2D eigenvalue weighted by atomic mass is 10.1. The average molecular weight is 450 g/mol. The zero-order chi connectivity index (χ0) is 22.6. The van der Waals surface area contributed by atoms with Gasteiger partial charge < -0.3 is 4.74 Å². The largest absolute Gasteiger partial charge is 0.443 e. The second-order valence-corrected chi connectivity index (χ2v) is 13.4. The van der Waals surface area contributed by atoms with Gasteiger partial charge in [0, 0.05) is 16.6 Å². The van der Waals surface area contributed by atoms with Crippen molar-refractivity contribution in [2.24, 2.45) is 0 Å². The third-order valence-electron chi connectivity index (χ3n) is 5.45. The van der Waals surface area contributed by atoms with Gasteiger partial charge in [-0.25, -0.2) is 9.69 Å². The van der Waals surface area contributed by atoms with Crippen LogP contribution in [0.2, 0.25) is 0 Å². The molecule has 1 amide bonds. The monoisotopic (exact) mass is 449 g/mol. The van der Waals surface area contributed by atoms with Gasteiger partial charge in [-0.3, -0.25) is 0 Å². The van der Waals surface area contributed by atoms with E-state index >= 15 is 0 Å². The van der Waals surface area contributed by atoms with Crippen LogP contribution in [0.5, 0.6) is 0 Å². The maximum absolute atomic E-state index is 13.3. The number of fused-ring (bicyclic) bond motifs is 2. The van der Waals surface area contributed by atoms with E-state index in [1.807, 2.05) is 57.2 Å². The molecule has 0 atom stereocenters. The van der Waals surface area contributed by atoms with Gasteiger partial charge in [0.05, 0.1) is 11.4 Å². The van der Waals surface area contributed by atoms with E-state index < -0.39 is 11.6 Å². The van der Waals surface area contributed by atoms with Crippen LogP contribution in [-0.2, 0) is 16.5 Å². The molecule has 0 saturated heterocycles. The third-order valence-corrected chi connectivity index (χ3v) is 10.6. The molecule has 0 fully saturated rings. The number of aryl methyl sites for hydroxylation is 3. The van der Waals surface area contributed by atoms with Gasteiger partial charge in [-0.1, -0.05) is 65.9 Å². The van der Waals surface area contributed by atoms with E-state index in [2.05, 4.69) is 45.0 Å². The fourth-order valence-electron chi connectivity index (χ4n) is 4.51. The normalized spacial score (nSPS) is 14.6. The minimum atomic E-state index is -2.39. The molecule has 1 heterocycles. The predicted molar refractivity (Wildman–Crippen MR) is 135 cm³/mol. The number of amides is 1. The maximum Gasteiger partial charge on any atom is 0.419 e. The first kappa shape index (κ1) is 21.8. The minimum absolute atomic E-state index is 0.383. The summed E-state index contributed by atoms with van der Waals surface area (Å²) in [6, 6.07) is 18.1. The molecular weight excluding hydrogens is 421 g/mol. The molecule has 5 heteroatoms. The summed E-state index contributed by atoms with van der Waals surface area (Å²) in [6.45, 7) is 12.1. The van der Waals surface area contributed by atoms with Crippen molar-refractivity contribution in [3.63, 3.8) is 0 Å². The molecule has 1 aliphatic heterocycles. The number of carbonyl (C=O) groups excluding carboxylic acids is 1. The molecule has 4 rings (SSSR count). The van der Waals surface area contributed by atoms with Gasteiger partial charge in [-0.05, 0) is 70.1 Å². The van der Waals surface area contributed by atoms with Crippen molar-refractivity contribution in [2.75, 3.05) is 4.90 Å². The molecule has 160 valence electrons. The van der Waals surface area contributed by atoms with Crippen molar-refractivity contribution in [1.82, 2.24) is 0 Å². The zero-order valence-electron chi connectivity index (χ0n) is 18.9. The first-order valence-corrected chi connectivity index (χ1v) is 13.2. The predicted octanol–water partition coefficient (Wildman–Crippen LogP) is 5.75. The summed E-state index contributed by atoms with van der Waals surface area (Å²) < 4.78 is 5.79. The number of ether oxygens (including phenoxy) is 1. The number of hydrogen-bond acceptors (Lipinski definition) is 3. The number of benzene rings is 3. The van der Waals surface area contributed by atoms with Crippen LogP contribution in [0.1, 0.15) is 37.5 Å². The van der Waals surface area contributed by atoms with Gasteiger partial charge in [0.25, 0.3) is 0 Å². The SMILES string of the molecule is Cc1cc(C)c(P2(=S)c3ccccc3N(C(=O)OC(C)(C)C)c3ccccc32)c(C)c1. The lowest BCUT2D eigenvalue weighted by Crippen LogP contribution is -2.44. The highest BCUT2D eigenvalue weighted by Crippen LogP contribution is 2.53. The standard InChI is InChI=1S/C26H28NO2PS/c1-17-15-18(2)24(19(3)16-17)30(31)22-13-9-7-11-20(22)27(25(28)29-26(4,5)6)21-12-8-10-14-23(21)30/h7-16H,1-6H3. The van der Waals surface area contributed by atoms with Gasteiger partial charge in [0.2, 0.25) is 0 Å². The van der Waals surface area contributed by atoms with Crippen LogP contribution >= 0.6 is 6.04 Å². The van der Waals surface area contributed by atoms with E-state index in [4.69, 9.17) is 16.5 Å². The summed E-state index contributed by atoms with van der Waals surface area (Å²) in [4.78, 5) is 15.0. The van der Waals surface area contributed by atoms with E-state index in [1.54, 1.807) is 4.90 Å². The highest BCUT2D eigenvalue weighted by atomic mass is 32.4. The smallest absolute Gasteiger partial charge is 0.419 e. The maximum atomic E-state index is 13.3. The highest BCUT2D eigenvalue weighted by molar-refractivity contribution is 8.26. The van der Waals surface area contributed by atoms with Crippen molar-refractivity contribution in [2.45, 2.75) is 47.1 Å². The number of para-hydroxylation sites is 2. The lowest BCUT2D eigenvalue weighted by Gasteiger charge is -2.40. The lowest BCUT2D eigenvalue weighted by molar-refractivity contribution is 0.0599. The van der Waals surface area contributed by atoms with E-state index in [0.29, 0.717) is 0 Å². The van der Waals surface area contributed by atoms with Gasteiger partial charge in [-0.15, -0.1) is 0 Å². The Kier molecular flexibility index (Phi) is 5.36. The molecular formula is C26H28NO2PS. The molecule has 0 radical (unpaired) electrons. The highest BCUT2D eigenvalue weighted by Gasteiger charge is 2.41. The Bertz CT molecular complexity index is 1170. The Hall–Kier alpha value is -2.42. The van der Waals surface area contributed by atoms with Gasteiger partial charge in [0.15, 0.2) is 0 Å². The Morgan fingerprint density at radius 3 is 1.77 bits per heavy atom. The molecule has 0 aromatic heterocycles. The minimum Gasteiger partial charge on any atom is -0.443 e. The van der Waals surface area contributed by atoms with Crippen molar-refractivity contribution < 1.29 is 9.53 Å². The van der Waals surface area contributed by atoms with E-state index in [9.17, 15) is 4.79 Å². The first-order valence-electron chi connectivity index (χ1n) is 10.4. The number of carbonyl (C=O) groups is 1. The van der Waals surface area contributed by atoms with Crippen molar-refractivity contribution in [3.8, 4) is 0 Å². The number of rotatable bonds is 1. The molecule has 31 heavy (non-hydrogen) atoms. The second-order valence-electron chi connectivity index (χ2n) is 9.15. The quantitative estimate of drug-likeness (QED) is 0.443. The summed E-state index contributed by atoms with van der Waals surface area (Å²) in [6.07, 6.45) is -0.383. The van der Waals surface area contributed by atoms with Crippen LogP contribution in [-0.4, -0.2) is 11.7 Å². The van der Waals surface area contributed by atoms with Gasteiger partial charge in [0.1, 0.15) is 5.60 Å². The summed E-state index contributed by atoms with van der Waals surface area (Å²) in [5, 5.41) is 3.28. The van der Waals surface area contributed by atoms with Gasteiger partial charge in [-0.2, -0.15) is 0 Å². The summed E-state index contributed by atoms with van der Waals surface area (Å²) >= 11 is 6.63. The summed E-state index contributed by atoms with van der Waals surface area (Å²) in [5.41, 5.74) is 4.68. The van der Waals surface area contributed by atoms with Crippen LogP contribution in [0.25, 0.3) is 0 Å². The van der Waals surface area contributed by atoms with Crippen LogP contribution < -0.4 is 20.8 Å². The molecule has 0 N–H and O–H groups in total. The topological polar surface area (TPSA) is 29.5 Å². The number of hydrogen-bond donors (Lipinski definition) is 0. The summed E-state index contributed by atoms with van der Waals surface area (Å²) in [5.74, 6) is 0. The molecule has 0 saturated carbocycles. The first-order chi connectivity index (χ1) is 14.5. The Morgan fingerprint density at radius 1 is 0.871 bits per heavy atom. The fraction of sp³-hybridized carbons (Fsp3) is 0.269. The van der Waals surface area contributed by atoms with E-state index in [1.165, 1.54) is 22.0 Å². The molecule has 0 aliphatic carbocycles. The van der Waals surface area contributed by atoms with Crippen LogP contribution in [0.15, 0.2) is 60.7 Å². The molecule has 3 aromatic rings. The van der Waals surface area contributed by atoms with E-state index in [0.717, 1.165) is 22.0 Å². The number of anilines is 2. The van der Waals surface area contributed by atoms with Crippen molar-refractivity contribution >= 4 is 51.2 Å². The van der Waals surface area contributed by atoms with E-state index in [-0.39, 0.29) is 6.09 Å². The number of nitrogens with zero attached hydrogens (tertiary/aromatic N) is 1. The van der Waals surface area contributed by atoms with Gasteiger partial charge >= 0.3 is 6.09 Å². The Balaban J connectivity index is 2.05. The second kappa shape index (κ2) is 7.62. The molecule has 3 nitrogen and oxygen atoms in total. The third kappa shape index (κ3) is 3.62. The molecule has 0 unspecified atom stereocenters. The molecule has 1 aliphatic rings. The Morgan fingerprint density at radius 2 is 1.32 bits per heavy atom. The molecule has 0 bridgehead atoms. The average Bonchev–Trinajstić information content (AvgIpc) is 2.66. The van der Waals surface area contributed by atoms with Crippen LogP contribution in [0, 0.1) is 20.8 Å². The zero-order valence-corrected chi connectivity index (χ0v) is 20.6.